The minimum Gasteiger partial charge on any atom is -0.345 e. The van der Waals surface area contributed by atoms with Crippen LogP contribution in [0.25, 0.3) is 10.2 Å². The van der Waals surface area contributed by atoms with E-state index in [4.69, 9.17) is 4.98 Å². The molecule has 2 aliphatic rings. The van der Waals surface area contributed by atoms with Crippen molar-refractivity contribution in [2.45, 2.75) is 44.0 Å². The van der Waals surface area contributed by atoms with Crippen LogP contribution < -0.4 is 4.90 Å². The van der Waals surface area contributed by atoms with Gasteiger partial charge in [0.2, 0.25) is 15.9 Å². The molecule has 0 saturated carbocycles. The predicted molar refractivity (Wildman–Crippen MR) is 136 cm³/mol. The number of carbonyl (C=O) groups is 1. The third kappa shape index (κ3) is 4.32. The van der Waals surface area contributed by atoms with Crippen LogP contribution in [0.5, 0.6) is 0 Å². The molecule has 1 amide bonds. The van der Waals surface area contributed by atoms with Crippen LogP contribution in [0.1, 0.15) is 30.9 Å². The molecule has 2 saturated heterocycles. The van der Waals surface area contributed by atoms with Gasteiger partial charge in [-0.2, -0.15) is 4.31 Å². The number of piperazine rings is 1. The first-order valence-electron chi connectivity index (χ1n) is 11.9. The molecule has 0 unspecified atom stereocenters. The first kappa shape index (κ1) is 23.3. The molecule has 3 heterocycles. The SMILES string of the molecule is CCc1ccc2nc(N3CCN(C(=O)[C@@H]4CCCN4S(=O)(=O)c4ccc(C)cc4)CC3)sc2c1. The molecule has 180 valence electrons. The van der Waals surface area contributed by atoms with Gasteiger partial charge in [-0.1, -0.05) is 42.0 Å². The second-order valence-electron chi connectivity index (χ2n) is 9.05. The number of hydrogen-bond donors (Lipinski definition) is 0. The highest BCUT2D eigenvalue weighted by Crippen LogP contribution is 2.31. The zero-order valence-corrected chi connectivity index (χ0v) is 21.2. The molecule has 1 aromatic heterocycles. The Hall–Kier alpha value is -2.49. The summed E-state index contributed by atoms with van der Waals surface area (Å²) in [4.78, 5) is 22.5. The molecule has 2 aromatic carbocycles. The van der Waals surface area contributed by atoms with E-state index in [0.717, 1.165) is 22.6 Å². The number of benzene rings is 2. The van der Waals surface area contributed by atoms with E-state index < -0.39 is 16.1 Å². The Morgan fingerprint density at radius 3 is 2.50 bits per heavy atom. The number of carbonyl (C=O) groups excluding carboxylic acids is 1. The molecule has 1 atom stereocenters. The summed E-state index contributed by atoms with van der Waals surface area (Å²) in [6, 6.07) is 12.6. The smallest absolute Gasteiger partial charge is 0.243 e. The van der Waals surface area contributed by atoms with Crippen LogP contribution in [0.15, 0.2) is 47.4 Å². The lowest BCUT2D eigenvalue weighted by atomic mass is 10.2. The molecule has 2 fully saturated rings. The van der Waals surface area contributed by atoms with Crippen molar-refractivity contribution >= 4 is 42.6 Å². The third-order valence-electron chi connectivity index (χ3n) is 6.83. The van der Waals surface area contributed by atoms with Gasteiger partial charge in [0.05, 0.1) is 15.1 Å². The van der Waals surface area contributed by atoms with Gasteiger partial charge in [0, 0.05) is 32.7 Å². The molecule has 0 spiro atoms. The van der Waals surface area contributed by atoms with Crippen molar-refractivity contribution < 1.29 is 13.2 Å². The van der Waals surface area contributed by atoms with Crippen molar-refractivity contribution in [1.82, 2.24) is 14.2 Å². The van der Waals surface area contributed by atoms with Crippen LogP contribution in [0, 0.1) is 6.92 Å². The highest BCUT2D eigenvalue weighted by atomic mass is 32.2. The average molecular weight is 499 g/mol. The first-order valence-corrected chi connectivity index (χ1v) is 14.1. The fourth-order valence-electron chi connectivity index (χ4n) is 4.76. The van der Waals surface area contributed by atoms with Crippen LogP contribution >= 0.6 is 11.3 Å². The molecule has 7 nitrogen and oxygen atoms in total. The minimum atomic E-state index is -3.70. The van der Waals surface area contributed by atoms with Gasteiger partial charge >= 0.3 is 0 Å². The zero-order valence-electron chi connectivity index (χ0n) is 19.6. The van der Waals surface area contributed by atoms with Crippen molar-refractivity contribution in [3.05, 3.63) is 53.6 Å². The Morgan fingerprint density at radius 2 is 1.79 bits per heavy atom. The van der Waals surface area contributed by atoms with Crippen LogP contribution in [0.2, 0.25) is 0 Å². The maximum atomic E-state index is 13.4. The van der Waals surface area contributed by atoms with Crippen LogP contribution in [0.3, 0.4) is 0 Å². The van der Waals surface area contributed by atoms with Gasteiger partial charge in [-0.3, -0.25) is 4.79 Å². The lowest BCUT2D eigenvalue weighted by Gasteiger charge is -2.37. The molecule has 0 radical (unpaired) electrons. The summed E-state index contributed by atoms with van der Waals surface area (Å²) in [5.41, 5.74) is 3.32. The van der Waals surface area contributed by atoms with Crippen molar-refractivity contribution in [3.63, 3.8) is 0 Å². The van der Waals surface area contributed by atoms with E-state index >= 15 is 0 Å². The second kappa shape index (κ2) is 9.28. The van der Waals surface area contributed by atoms with Gasteiger partial charge in [-0.25, -0.2) is 13.4 Å². The Bertz CT molecular complexity index is 1300. The Morgan fingerprint density at radius 1 is 1.06 bits per heavy atom. The standard InChI is InChI=1S/C25H30N4O3S2/c1-3-19-8-11-21-23(17-19)33-25(26-21)28-15-13-27(14-16-28)24(30)22-5-4-12-29(22)34(31,32)20-9-6-18(2)7-10-20/h6-11,17,22H,3-5,12-16H2,1-2H3/t22-/m0/s1. The Labute approximate surface area is 205 Å². The summed E-state index contributed by atoms with van der Waals surface area (Å²) in [7, 11) is -3.70. The van der Waals surface area contributed by atoms with Crippen molar-refractivity contribution in [2.75, 3.05) is 37.6 Å². The van der Waals surface area contributed by atoms with E-state index in [9.17, 15) is 13.2 Å². The largest absolute Gasteiger partial charge is 0.345 e. The summed E-state index contributed by atoms with van der Waals surface area (Å²) >= 11 is 1.69. The van der Waals surface area contributed by atoms with Crippen molar-refractivity contribution in [1.29, 1.82) is 0 Å². The van der Waals surface area contributed by atoms with Crippen LogP contribution in [-0.2, 0) is 21.2 Å². The number of amides is 1. The third-order valence-corrected chi connectivity index (χ3v) is 9.83. The second-order valence-corrected chi connectivity index (χ2v) is 12.0. The van der Waals surface area contributed by atoms with E-state index in [0.29, 0.717) is 45.6 Å². The van der Waals surface area contributed by atoms with E-state index in [1.54, 1.807) is 35.6 Å². The van der Waals surface area contributed by atoms with E-state index in [-0.39, 0.29) is 10.8 Å². The Balaban J connectivity index is 1.26. The molecule has 9 heteroatoms. The summed E-state index contributed by atoms with van der Waals surface area (Å²) in [6.45, 7) is 7.00. The van der Waals surface area contributed by atoms with E-state index in [2.05, 4.69) is 30.0 Å². The molecule has 0 bridgehead atoms. The number of aryl methyl sites for hydroxylation is 2. The summed E-state index contributed by atoms with van der Waals surface area (Å²) in [5.74, 6) is -0.0790. The maximum absolute atomic E-state index is 13.4. The fraction of sp³-hybridized carbons (Fsp3) is 0.440. The highest BCUT2D eigenvalue weighted by Gasteiger charge is 2.41. The van der Waals surface area contributed by atoms with E-state index in [1.807, 2.05) is 11.8 Å². The number of rotatable bonds is 5. The minimum absolute atomic E-state index is 0.0790. The molecule has 0 aliphatic carbocycles. The lowest BCUT2D eigenvalue weighted by molar-refractivity contribution is -0.134. The molecule has 3 aromatic rings. The number of anilines is 1. The summed E-state index contributed by atoms with van der Waals surface area (Å²) < 4.78 is 29.1. The van der Waals surface area contributed by atoms with Gasteiger partial charge in [0.25, 0.3) is 0 Å². The maximum Gasteiger partial charge on any atom is 0.243 e. The molecule has 0 N–H and O–H groups in total. The van der Waals surface area contributed by atoms with Crippen molar-refractivity contribution in [2.24, 2.45) is 0 Å². The number of sulfonamides is 1. The van der Waals surface area contributed by atoms with Gasteiger partial charge < -0.3 is 9.80 Å². The molecular weight excluding hydrogens is 468 g/mol. The molecular formula is C25H30N4O3S2. The first-order chi connectivity index (χ1) is 16.4. The molecule has 5 rings (SSSR count). The van der Waals surface area contributed by atoms with Crippen molar-refractivity contribution in [3.8, 4) is 0 Å². The lowest BCUT2D eigenvalue weighted by Crippen LogP contribution is -2.54. The number of hydrogen-bond acceptors (Lipinski definition) is 6. The summed E-state index contributed by atoms with van der Waals surface area (Å²) in [5, 5.41) is 0.986. The van der Waals surface area contributed by atoms with Gasteiger partial charge in [0.1, 0.15) is 6.04 Å². The average Bonchev–Trinajstić information content (AvgIpc) is 3.51. The topological polar surface area (TPSA) is 73.8 Å². The van der Waals surface area contributed by atoms with Crippen LogP contribution in [0.4, 0.5) is 5.13 Å². The highest BCUT2D eigenvalue weighted by molar-refractivity contribution is 7.89. The number of nitrogens with zero attached hydrogens (tertiary/aromatic N) is 4. The number of thiazole rings is 1. The monoisotopic (exact) mass is 498 g/mol. The number of aromatic nitrogens is 1. The molecule has 2 aliphatic heterocycles. The Kier molecular flexibility index (Phi) is 6.35. The molecule has 34 heavy (non-hydrogen) atoms. The predicted octanol–water partition coefficient (Wildman–Crippen LogP) is 3.67. The quantitative estimate of drug-likeness (QED) is 0.537. The fourth-order valence-corrected chi connectivity index (χ4v) is 7.49. The summed E-state index contributed by atoms with van der Waals surface area (Å²) in [6.07, 6.45) is 2.27. The van der Waals surface area contributed by atoms with Gasteiger partial charge in [-0.05, 0) is 56.0 Å². The van der Waals surface area contributed by atoms with E-state index in [1.165, 1.54) is 14.6 Å². The van der Waals surface area contributed by atoms with Gasteiger partial charge in [-0.15, -0.1) is 0 Å². The zero-order chi connectivity index (χ0) is 23.9. The van der Waals surface area contributed by atoms with Crippen LogP contribution in [-0.4, -0.2) is 67.3 Å². The number of fused-ring (bicyclic) bond motifs is 1. The van der Waals surface area contributed by atoms with Gasteiger partial charge in [0.15, 0.2) is 5.13 Å². The normalized spacial score (nSPS) is 19.8.